The third kappa shape index (κ3) is 3.25. The molecule has 2 heterocycles. The molecule has 0 radical (unpaired) electrons. The summed E-state index contributed by atoms with van der Waals surface area (Å²) in [6.45, 7) is 7.27. The van der Waals surface area contributed by atoms with Gasteiger partial charge in [0.05, 0.1) is 5.41 Å². The normalized spacial score (nSPS) is 23.0. The molecule has 0 spiro atoms. The van der Waals surface area contributed by atoms with Crippen LogP contribution in [0.5, 0.6) is 0 Å². The molecule has 28 heavy (non-hydrogen) atoms. The Balaban J connectivity index is 1.71. The maximum Gasteiger partial charge on any atom is 0.236 e. The van der Waals surface area contributed by atoms with E-state index in [-0.39, 0.29) is 5.91 Å². The van der Waals surface area contributed by atoms with Gasteiger partial charge in [-0.1, -0.05) is 6.92 Å². The van der Waals surface area contributed by atoms with E-state index in [1.54, 1.807) is 4.90 Å². The number of amides is 1. The molecular formula is C22H30N4OS. The lowest BCUT2D eigenvalue weighted by molar-refractivity contribution is -0.121. The minimum Gasteiger partial charge on any atom is -0.314 e. The quantitative estimate of drug-likeness (QED) is 0.733. The van der Waals surface area contributed by atoms with E-state index in [4.69, 9.17) is 10.1 Å². The van der Waals surface area contributed by atoms with Crippen molar-refractivity contribution in [3.05, 3.63) is 29.6 Å². The molecule has 0 unspecified atom stereocenters. The molecule has 1 amide bonds. The lowest BCUT2D eigenvalue weighted by atomic mass is 9.76. The summed E-state index contributed by atoms with van der Waals surface area (Å²) in [4.78, 5) is 19.3. The van der Waals surface area contributed by atoms with Gasteiger partial charge in [-0.3, -0.25) is 4.79 Å². The third-order valence-corrected chi connectivity index (χ3v) is 6.89. The van der Waals surface area contributed by atoms with E-state index in [2.05, 4.69) is 36.1 Å². The molecule has 5 nitrogen and oxygen atoms in total. The van der Waals surface area contributed by atoms with E-state index in [0.717, 1.165) is 53.1 Å². The highest BCUT2D eigenvalue weighted by atomic mass is 32.2. The second-order valence-electron chi connectivity index (χ2n) is 8.94. The summed E-state index contributed by atoms with van der Waals surface area (Å²) in [6, 6.07) is 6.30. The van der Waals surface area contributed by atoms with Crippen LogP contribution in [0.4, 0.5) is 5.69 Å². The van der Waals surface area contributed by atoms with Gasteiger partial charge in [-0.05, 0) is 68.5 Å². The zero-order valence-electron chi connectivity index (χ0n) is 17.5. The number of nitrogens with zero attached hydrogens (tertiary/aromatic N) is 4. The van der Waals surface area contributed by atoms with Crippen LogP contribution in [-0.2, 0) is 23.2 Å². The first-order valence-corrected chi connectivity index (χ1v) is 11.6. The highest BCUT2D eigenvalue weighted by molar-refractivity contribution is 7.98. The van der Waals surface area contributed by atoms with Crippen LogP contribution in [0.1, 0.15) is 45.0 Å². The Morgan fingerprint density at radius 2 is 2.04 bits per heavy atom. The number of aryl methyl sites for hydroxylation is 1. The lowest BCUT2D eigenvalue weighted by Crippen LogP contribution is -2.33. The molecule has 1 aromatic carbocycles. The van der Waals surface area contributed by atoms with Crippen LogP contribution in [0.15, 0.2) is 18.2 Å². The van der Waals surface area contributed by atoms with Crippen LogP contribution >= 0.6 is 11.8 Å². The molecule has 6 heteroatoms. The summed E-state index contributed by atoms with van der Waals surface area (Å²) in [5.41, 5.74) is 2.64. The number of hydrogen-bond donors (Lipinski definition) is 0. The molecule has 1 aliphatic carbocycles. The second kappa shape index (κ2) is 7.21. The highest BCUT2D eigenvalue weighted by Crippen LogP contribution is 2.42. The van der Waals surface area contributed by atoms with Crippen molar-refractivity contribution >= 4 is 23.4 Å². The Morgan fingerprint density at radius 1 is 1.29 bits per heavy atom. The SMILES string of the molecule is CSCCc1nc(-c2ccc3c(c2)C(C)(C)C(=O)N3C)n(CC2CC(C)C2)n1. The van der Waals surface area contributed by atoms with E-state index in [0.29, 0.717) is 5.92 Å². The van der Waals surface area contributed by atoms with E-state index < -0.39 is 5.41 Å². The smallest absolute Gasteiger partial charge is 0.236 e. The van der Waals surface area contributed by atoms with Gasteiger partial charge in [0.1, 0.15) is 0 Å². The van der Waals surface area contributed by atoms with Gasteiger partial charge in [0.25, 0.3) is 0 Å². The summed E-state index contributed by atoms with van der Waals surface area (Å²) >= 11 is 1.82. The van der Waals surface area contributed by atoms with Crippen LogP contribution in [0.25, 0.3) is 11.4 Å². The molecule has 1 saturated carbocycles. The van der Waals surface area contributed by atoms with Crippen molar-refractivity contribution in [3.8, 4) is 11.4 Å². The van der Waals surface area contributed by atoms with E-state index in [1.165, 1.54) is 12.8 Å². The Morgan fingerprint density at radius 3 is 2.71 bits per heavy atom. The van der Waals surface area contributed by atoms with Crippen molar-refractivity contribution in [2.24, 2.45) is 11.8 Å². The van der Waals surface area contributed by atoms with Crippen LogP contribution in [0, 0.1) is 11.8 Å². The van der Waals surface area contributed by atoms with Gasteiger partial charge >= 0.3 is 0 Å². The predicted octanol–water partition coefficient (Wildman–Crippen LogP) is 4.15. The fourth-order valence-corrected chi connectivity index (χ4v) is 4.99. The summed E-state index contributed by atoms with van der Waals surface area (Å²) < 4.78 is 2.11. The molecule has 1 aliphatic heterocycles. The Labute approximate surface area is 171 Å². The largest absolute Gasteiger partial charge is 0.314 e. The van der Waals surface area contributed by atoms with Gasteiger partial charge < -0.3 is 4.90 Å². The highest BCUT2D eigenvalue weighted by Gasteiger charge is 2.42. The minimum absolute atomic E-state index is 0.144. The van der Waals surface area contributed by atoms with Crippen LogP contribution < -0.4 is 4.90 Å². The van der Waals surface area contributed by atoms with Crippen molar-refractivity contribution in [2.45, 2.75) is 52.0 Å². The van der Waals surface area contributed by atoms with Crippen LogP contribution in [0.2, 0.25) is 0 Å². The number of fused-ring (bicyclic) bond motifs is 1. The first-order chi connectivity index (χ1) is 13.3. The number of carbonyl (C=O) groups excluding carboxylic acids is 1. The number of rotatable bonds is 6. The molecule has 1 aromatic heterocycles. The van der Waals surface area contributed by atoms with Crippen LogP contribution in [-0.4, -0.2) is 39.7 Å². The predicted molar refractivity (Wildman–Crippen MR) is 116 cm³/mol. The van der Waals surface area contributed by atoms with Gasteiger partial charge in [0.15, 0.2) is 11.6 Å². The fourth-order valence-electron chi connectivity index (χ4n) is 4.60. The second-order valence-corrected chi connectivity index (χ2v) is 9.93. The zero-order valence-corrected chi connectivity index (χ0v) is 18.3. The molecule has 1 fully saturated rings. The summed E-state index contributed by atoms with van der Waals surface area (Å²) in [7, 11) is 1.86. The number of thioether (sulfide) groups is 1. The molecule has 2 aromatic rings. The van der Waals surface area contributed by atoms with Gasteiger partial charge in [-0.2, -0.15) is 16.9 Å². The van der Waals surface area contributed by atoms with E-state index in [1.807, 2.05) is 32.7 Å². The summed E-state index contributed by atoms with van der Waals surface area (Å²) in [5.74, 6) is 4.56. The minimum atomic E-state index is -0.504. The average Bonchev–Trinajstić information content (AvgIpc) is 3.12. The molecule has 4 rings (SSSR count). The first-order valence-electron chi connectivity index (χ1n) is 10.2. The Hall–Kier alpha value is -1.82. The van der Waals surface area contributed by atoms with Gasteiger partial charge in [0, 0.05) is 37.0 Å². The molecule has 0 N–H and O–H groups in total. The monoisotopic (exact) mass is 398 g/mol. The van der Waals surface area contributed by atoms with Crippen molar-refractivity contribution in [2.75, 3.05) is 24.0 Å². The van der Waals surface area contributed by atoms with Crippen molar-refractivity contribution < 1.29 is 4.79 Å². The van der Waals surface area contributed by atoms with Crippen LogP contribution in [0.3, 0.4) is 0 Å². The molecule has 2 aliphatic rings. The molecule has 0 saturated heterocycles. The number of likely N-dealkylation sites (N-methyl/N-ethyl adjacent to an activating group) is 1. The summed E-state index contributed by atoms with van der Waals surface area (Å²) in [6.07, 6.45) is 5.55. The lowest BCUT2D eigenvalue weighted by Gasteiger charge is -2.32. The van der Waals surface area contributed by atoms with Gasteiger partial charge in [0.2, 0.25) is 5.91 Å². The number of anilines is 1. The van der Waals surface area contributed by atoms with E-state index >= 15 is 0 Å². The van der Waals surface area contributed by atoms with Gasteiger partial charge in [-0.15, -0.1) is 0 Å². The van der Waals surface area contributed by atoms with Gasteiger partial charge in [-0.25, -0.2) is 9.67 Å². The van der Waals surface area contributed by atoms with E-state index in [9.17, 15) is 4.79 Å². The number of aromatic nitrogens is 3. The summed E-state index contributed by atoms with van der Waals surface area (Å²) in [5, 5.41) is 4.85. The molecular weight excluding hydrogens is 368 g/mol. The maximum atomic E-state index is 12.6. The zero-order chi connectivity index (χ0) is 20.1. The number of benzene rings is 1. The first kappa shape index (κ1) is 19.5. The molecule has 150 valence electrons. The maximum absolute atomic E-state index is 12.6. The average molecular weight is 399 g/mol. The third-order valence-electron chi connectivity index (χ3n) is 6.28. The molecule has 0 bridgehead atoms. The Bertz CT molecular complexity index is 898. The van der Waals surface area contributed by atoms with Crippen molar-refractivity contribution in [1.29, 1.82) is 0 Å². The number of hydrogen-bond acceptors (Lipinski definition) is 4. The standard InChI is InChI=1S/C22H30N4OS/c1-14-10-15(11-14)13-26-20(23-19(24-26)8-9-28-5)16-6-7-18-17(12-16)22(2,3)21(27)25(18)4/h6-7,12,14-15H,8-11,13H2,1-5H3. The fraction of sp³-hybridized carbons (Fsp3) is 0.591. The van der Waals surface area contributed by atoms with Crippen molar-refractivity contribution in [3.63, 3.8) is 0 Å². The Kier molecular flexibility index (Phi) is 5.02. The van der Waals surface area contributed by atoms with Crippen molar-refractivity contribution in [1.82, 2.24) is 14.8 Å². The topological polar surface area (TPSA) is 51.0 Å². The number of carbonyl (C=O) groups is 1. The molecule has 0 atom stereocenters.